The Morgan fingerprint density at radius 3 is 2.74 bits per heavy atom. The molecule has 176 valence electrons. The second-order valence-electron chi connectivity index (χ2n) is 8.07. The number of benzene rings is 2. The van der Waals surface area contributed by atoms with Gasteiger partial charge in [0.05, 0.1) is 5.75 Å². The van der Waals surface area contributed by atoms with Crippen molar-refractivity contribution in [2.45, 2.75) is 37.4 Å². The van der Waals surface area contributed by atoms with E-state index in [1.54, 1.807) is 0 Å². The third kappa shape index (κ3) is 6.22. The smallest absolute Gasteiger partial charge is 0.321 e. The summed E-state index contributed by atoms with van der Waals surface area (Å²) in [4.78, 5) is 35.9. The summed E-state index contributed by atoms with van der Waals surface area (Å²) < 4.78 is 1.88. The van der Waals surface area contributed by atoms with Gasteiger partial charge in [-0.1, -0.05) is 54.2 Å². The van der Waals surface area contributed by atoms with Crippen LogP contribution >= 0.6 is 11.8 Å². The molecule has 1 saturated heterocycles. The maximum atomic E-state index is 12.4. The van der Waals surface area contributed by atoms with E-state index in [0.29, 0.717) is 23.9 Å². The van der Waals surface area contributed by atoms with Crippen LogP contribution in [0.3, 0.4) is 0 Å². The lowest BCUT2D eigenvalue weighted by atomic mass is 10.1. The minimum absolute atomic E-state index is 0.0857. The molecular formula is C24H26N6O3S. The Labute approximate surface area is 201 Å². The minimum Gasteiger partial charge on any atom is -0.355 e. The van der Waals surface area contributed by atoms with Crippen molar-refractivity contribution in [2.24, 2.45) is 0 Å². The minimum atomic E-state index is -0.510. The van der Waals surface area contributed by atoms with Crippen LogP contribution in [-0.2, 0) is 22.4 Å². The summed E-state index contributed by atoms with van der Waals surface area (Å²) in [6.07, 6.45) is 1.27. The third-order valence-electron chi connectivity index (χ3n) is 5.32. The zero-order valence-corrected chi connectivity index (χ0v) is 19.6. The molecule has 1 fully saturated rings. The third-order valence-corrected chi connectivity index (χ3v) is 6.25. The van der Waals surface area contributed by atoms with Gasteiger partial charge < -0.3 is 10.6 Å². The molecule has 0 radical (unpaired) electrons. The fourth-order valence-corrected chi connectivity index (χ4v) is 4.54. The number of thioether (sulfide) groups is 1. The molecular weight excluding hydrogens is 452 g/mol. The van der Waals surface area contributed by atoms with Crippen LogP contribution in [-0.4, -0.2) is 50.9 Å². The number of aryl methyl sites for hydroxylation is 1. The highest BCUT2D eigenvalue weighted by atomic mass is 32.2. The summed E-state index contributed by atoms with van der Waals surface area (Å²) in [5, 5.41) is 17.1. The van der Waals surface area contributed by atoms with E-state index in [9.17, 15) is 14.4 Å². The summed E-state index contributed by atoms with van der Waals surface area (Å²) >= 11 is 1.30. The van der Waals surface area contributed by atoms with Gasteiger partial charge in [0.1, 0.15) is 5.82 Å². The lowest BCUT2D eigenvalue weighted by Crippen LogP contribution is -2.53. The van der Waals surface area contributed by atoms with E-state index in [-0.39, 0.29) is 30.0 Å². The number of hydrogen-bond acceptors (Lipinski definition) is 6. The van der Waals surface area contributed by atoms with Crippen LogP contribution in [0.4, 0.5) is 4.79 Å². The van der Waals surface area contributed by atoms with Crippen molar-refractivity contribution < 1.29 is 14.4 Å². The van der Waals surface area contributed by atoms with Gasteiger partial charge in [0.15, 0.2) is 5.16 Å². The molecule has 9 nitrogen and oxygen atoms in total. The van der Waals surface area contributed by atoms with Crippen molar-refractivity contribution in [3.05, 3.63) is 71.5 Å². The van der Waals surface area contributed by atoms with Gasteiger partial charge in [-0.15, -0.1) is 10.2 Å². The second kappa shape index (κ2) is 11.0. The number of aromatic nitrogens is 3. The Morgan fingerprint density at radius 2 is 1.97 bits per heavy atom. The summed E-state index contributed by atoms with van der Waals surface area (Å²) in [5.74, 6) is 0.397. The number of carbonyl (C=O) groups excluding carboxylic acids is 3. The first-order valence-electron chi connectivity index (χ1n) is 11.0. The molecule has 1 unspecified atom stereocenters. The van der Waals surface area contributed by atoms with E-state index in [0.717, 1.165) is 17.7 Å². The van der Waals surface area contributed by atoms with Crippen molar-refractivity contribution in [2.75, 3.05) is 12.3 Å². The molecule has 34 heavy (non-hydrogen) atoms. The monoisotopic (exact) mass is 478 g/mol. The quantitative estimate of drug-likeness (QED) is 0.406. The first kappa shape index (κ1) is 23.5. The van der Waals surface area contributed by atoms with E-state index in [2.05, 4.69) is 26.1 Å². The number of amides is 4. The highest BCUT2D eigenvalue weighted by molar-refractivity contribution is 7.99. The van der Waals surface area contributed by atoms with Crippen molar-refractivity contribution in [3.8, 4) is 5.69 Å². The fourth-order valence-electron chi connectivity index (χ4n) is 3.74. The number of nitrogens with zero attached hydrogens (tertiary/aromatic N) is 3. The summed E-state index contributed by atoms with van der Waals surface area (Å²) in [6, 6.07) is 17.0. The maximum absolute atomic E-state index is 12.4. The first-order chi connectivity index (χ1) is 16.5. The Kier molecular flexibility index (Phi) is 7.58. The predicted octanol–water partition coefficient (Wildman–Crippen LogP) is 2.17. The van der Waals surface area contributed by atoms with Crippen LogP contribution in [0, 0.1) is 6.92 Å². The first-order valence-corrected chi connectivity index (χ1v) is 12.0. The van der Waals surface area contributed by atoms with Crippen LogP contribution in [0.2, 0.25) is 0 Å². The Hall–Kier alpha value is -3.66. The summed E-state index contributed by atoms with van der Waals surface area (Å²) in [6.45, 7) is 2.55. The zero-order valence-electron chi connectivity index (χ0n) is 18.8. The molecule has 0 bridgehead atoms. The van der Waals surface area contributed by atoms with E-state index in [4.69, 9.17) is 0 Å². The van der Waals surface area contributed by atoms with E-state index in [1.165, 1.54) is 17.3 Å². The normalized spacial score (nSPS) is 15.5. The molecule has 1 aliphatic rings. The largest absolute Gasteiger partial charge is 0.355 e. The van der Waals surface area contributed by atoms with Gasteiger partial charge in [0, 0.05) is 31.1 Å². The number of hydrogen-bond donors (Lipinski definition) is 3. The van der Waals surface area contributed by atoms with Gasteiger partial charge >= 0.3 is 6.03 Å². The Morgan fingerprint density at radius 1 is 1.15 bits per heavy atom. The lowest BCUT2D eigenvalue weighted by molar-refractivity contribution is -0.121. The molecule has 3 N–H and O–H groups in total. The Balaban J connectivity index is 1.44. The predicted molar refractivity (Wildman–Crippen MR) is 129 cm³/mol. The summed E-state index contributed by atoms with van der Waals surface area (Å²) in [7, 11) is 0. The molecule has 2 heterocycles. The molecule has 2 aromatic carbocycles. The van der Waals surface area contributed by atoms with Crippen LogP contribution in [0.1, 0.15) is 23.4 Å². The standard InChI is InChI=1S/C24H26N6O3S/c1-16-6-5-9-19(12-16)30-20(13-18-14-21(31)27-23(33)26-18)28-29-24(30)34-15-22(32)25-11-10-17-7-3-2-4-8-17/h2-9,12,18H,10-11,13-15H2,1H3,(H,25,32)(H2,26,27,31,33). The maximum Gasteiger partial charge on any atom is 0.321 e. The van der Waals surface area contributed by atoms with Crippen LogP contribution in [0.15, 0.2) is 59.8 Å². The van der Waals surface area contributed by atoms with Gasteiger partial charge in [-0.25, -0.2) is 4.79 Å². The molecule has 10 heteroatoms. The van der Waals surface area contributed by atoms with Crippen molar-refractivity contribution in [1.29, 1.82) is 0 Å². The number of urea groups is 1. The van der Waals surface area contributed by atoms with Gasteiger partial charge in [0.2, 0.25) is 11.8 Å². The number of carbonyl (C=O) groups is 3. The lowest BCUT2D eigenvalue weighted by Gasteiger charge is -2.23. The molecule has 1 atom stereocenters. The SMILES string of the molecule is Cc1cccc(-n2c(CC3CC(=O)NC(=O)N3)nnc2SCC(=O)NCCc2ccccc2)c1. The van der Waals surface area contributed by atoms with Gasteiger partial charge in [-0.05, 0) is 36.6 Å². The van der Waals surface area contributed by atoms with E-state index < -0.39 is 6.03 Å². The molecule has 0 spiro atoms. The number of nitrogens with one attached hydrogen (secondary N) is 3. The van der Waals surface area contributed by atoms with Crippen molar-refractivity contribution in [1.82, 2.24) is 30.7 Å². The molecule has 0 aliphatic carbocycles. The van der Waals surface area contributed by atoms with Crippen molar-refractivity contribution in [3.63, 3.8) is 0 Å². The second-order valence-corrected chi connectivity index (χ2v) is 9.02. The van der Waals surface area contributed by atoms with Crippen LogP contribution < -0.4 is 16.0 Å². The van der Waals surface area contributed by atoms with Crippen molar-refractivity contribution >= 4 is 29.6 Å². The van der Waals surface area contributed by atoms with Gasteiger partial charge in [0.25, 0.3) is 0 Å². The number of imide groups is 1. The topological polar surface area (TPSA) is 118 Å². The fraction of sp³-hybridized carbons (Fsp3) is 0.292. The van der Waals surface area contributed by atoms with Gasteiger partial charge in [-0.2, -0.15) is 0 Å². The highest BCUT2D eigenvalue weighted by Crippen LogP contribution is 2.24. The van der Waals surface area contributed by atoms with Crippen LogP contribution in [0.5, 0.6) is 0 Å². The zero-order chi connectivity index (χ0) is 23.9. The molecule has 3 aromatic rings. The Bertz CT molecular complexity index is 1160. The van der Waals surface area contributed by atoms with E-state index in [1.807, 2.05) is 66.1 Å². The molecule has 4 rings (SSSR count). The number of rotatable bonds is 9. The molecule has 1 aliphatic heterocycles. The summed E-state index contributed by atoms with van der Waals surface area (Å²) in [5.41, 5.74) is 3.10. The molecule has 4 amide bonds. The van der Waals surface area contributed by atoms with E-state index >= 15 is 0 Å². The van der Waals surface area contributed by atoms with Gasteiger partial charge in [-0.3, -0.25) is 19.5 Å². The molecule has 1 aromatic heterocycles. The average molecular weight is 479 g/mol. The average Bonchev–Trinajstić information content (AvgIpc) is 3.20. The molecule has 0 saturated carbocycles. The highest BCUT2D eigenvalue weighted by Gasteiger charge is 2.27. The van der Waals surface area contributed by atoms with Crippen LogP contribution in [0.25, 0.3) is 5.69 Å².